The number of hydrogen-bond acceptors (Lipinski definition) is 7. The molecule has 1 aliphatic heterocycles. The van der Waals surface area contributed by atoms with E-state index in [0.29, 0.717) is 29.2 Å². The van der Waals surface area contributed by atoms with E-state index in [1.165, 1.54) is 6.07 Å². The second-order valence-electron chi connectivity index (χ2n) is 10.5. The molecule has 0 bridgehead atoms. The summed E-state index contributed by atoms with van der Waals surface area (Å²) in [6.07, 6.45) is 0.960. The first-order valence-corrected chi connectivity index (χ1v) is 13.9. The van der Waals surface area contributed by atoms with Crippen molar-refractivity contribution < 1.29 is 24.2 Å². The van der Waals surface area contributed by atoms with E-state index in [1.54, 1.807) is 54.9 Å². The van der Waals surface area contributed by atoms with Crippen LogP contribution in [0, 0.1) is 0 Å². The van der Waals surface area contributed by atoms with Gasteiger partial charge in [-0.2, -0.15) is 0 Å². The van der Waals surface area contributed by atoms with Crippen molar-refractivity contribution >= 4 is 68.1 Å². The summed E-state index contributed by atoms with van der Waals surface area (Å²) in [5, 5.41) is 19.3. The third-order valence-corrected chi connectivity index (χ3v) is 7.53. The van der Waals surface area contributed by atoms with Crippen LogP contribution in [-0.4, -0.2) is 50.6 Å². The molecule has 0 unspecified atom stereocenters. The summed E-state index contributed by atoms with van der Waals surface area (Å²) < 4.78 is 6.81. The highest BCUT2D eigenvalue weighted by molar-refractivity contribution is 7.14. The molecular weight excluding hydrogens is 554 g/mol. The van der Waals surface area contributed by atoms with Crippen LogP contribution in [0.4, 0.5) is 21.3 Å². The van der Waals surface area contributed by atoms with Crippen LogP contribution < -0.4 is 15.5 Å². The zero-order chi connectivity index (χ0) is 28.8. The molecule has 0 saturated heterocycles. The average molecular weight is 582 g/mol. The van der Waals surface area contributed by atoms with Gasteiger partial charge < -0.3 is 19.3 Å². The molecule has 0 saturated carbocycles. The van der Waals surface area contributed by atoms with Gasteiger partial charge in [-0.1, -0.05) is 24.3 Å². The van der Waals surface area contributed by atoms with Crippen molar-refractivity contribution in [1.29, 1.82) is 0 Å². The largest absolute Gasteiger partial charge is 0.507 e. The molecule has 0 radical (unpaired) electrons. The maximum absolute atomic E-state index is 13.5. The fourth-order valence-corrected chi connectivity index (χ4v) is 5.69. The minimum Gasteiger partial charge on any atom is -0.507 e. The van der Waals surface area contributed by atoms with Crippen LogP contribution in [0.5, 0.6) is 5.75 Å². The highest BCUT2D eigenvalue weighted by Gasteiger charge is 2.35. The smallest absolute Gasteiger partial charge is 0.412 e. The molecule has 3 heterocycles. The Morgan fingerprint density at radius 1 is 1.18 bits per heavy atom. The lowest BCUT2D eigenvalue weighted by Crippen LogP contribution is -2.30. The summed E-state index contributed by atoms with van der Waals surface area (Å²) in [6.45, 7) is 5.62. The number of alkyl halides is 1. The number of anilines is 3. The average Bonchev–Trinajstić information content (AvgIpc) is 3.59. The Bertz CT molecular complexity index is 1640. The molecule has 4 aromatic rings. The van der Waals surface area contributed by atoms with Crippen LogP contribution in [0.1, 0.15) is 53.2 Å². The number of phenols is 1. The molecule has 2 aromatic carbocycles. The first-order chi connectivity index (χ1) is 18.9. The van der Waals surface area contributed by atoms with Gasteiger partial charge >= 0.3 is 6.09 Å². The second-order valence-corrected chi connectivity index (χ2v) is 11.7. The molecular formula is C28H28ClN5O5S. The summed E-state index contributed by atoms with van der Waals surface area (Å²) in [6, 6.07) is 10.6. The zero-order valence-electron chi connectivity index (χ0n) is 22.3. The maximum atomic E-state index is 13.5. The van der Waals surface area contributed by atoms with E-state index >= 15 is 0 Å². The van der Waals surface area contributed by atoms with E-state index in [2.05, 4.69) is 15.6 Å². The number of amides is 3. The molecule has 3 N–H and O–H groups in total. The SMILES string of the molecule is Cn1cc(NC(=O)OC(C)(C)C)cc1C(=O)Nc1nc(C(=O)N2C[C@@H](CCl)c3c2cc(O)c2ccccc32)cs1. The Morgan fingerprint density at radius 2 is 1.90 bits per heavy atom. The number of aromatic nitrogens is 2. The Morgan fingerprint density at radius 3 is 2.60 bits per heavy atom. The third-order valence-electron chi connectivity index (χ3n) is 6.40. The number of halogens is 1. The number of carbonyl (C=O) groups is 3. The number of phenolic OH excluding ortho intramolecular Hbond substituents is 1. The molecule has 3 amide bonds. The summed E-state index contributed by atoms with van der Waals surface area (Å²) in [7, 11) is 1.67. The van der Waals surface area contributed by atoms with Crippen molar-refractivity contribution in [3.05, 3.63) is 64.9 Å². The number of benzene rings is 2. The first-order valence-electron chi connectivity index (χ1n) is 12.5. The van der Waals surface area contributed by atoms with Crippen molar-refractivity contribution in [2.75, 3.05) is 28.0 Å². The number of nitrogens with one attached hydrogen (secondary N) is 2. The number of thiazole rings is 1. The van der Waals surface area contributed by atoms with Crippen LogP contribution in [0.15, 0.2) is 48.0 Å². The Kier molecular flexibility index (Phi) is 7.19. The maximum Gasteiger partial charge on any atom is 0.412 e. The minimum atomic E-state index is -0.657. The van der Waals surface area contributed by atoms with Gasteiger partial charge in [0.1, 0.15) is 22.7 Å². The van der Waals surface area contributed by atoms with E-state index in [0.717, 1.165) is 22.3 Å². The van der Waals surface area contributed by atoms with Gasteiger partial charge in [0.05, 0.1) is 11.4 Å². The van der Waals surface area contributed by atoms with Gasteiger partial charge in [-0.05, 0) is 37.8 Å². The highest BCUT2D eigenvalue weighted by Crippen LogP contribution is 2.45. The van der Waals surface area contributed by atoms with Gasteiger partial charge in [0.15, 0.2) is 5.13 Å². The number of aryl methyl sites for hydroxylation is 1. The van der Waals surface area contributed by atoms with Crippen LogP contribution in [0.2, 0.25) is 0 Å². The molecule has 208 valence electrons. The highest BCUT2D eigenvalue weighted by atomic mass is 35.5. The van der Waals surface area contributed by atoms with Crippen LogP contribution in [0.3, 0.4) is 0 Å². The van der Waals surface area contributed by atoms with E-state index in [9.17, 15) is 19.5 Å². The molecule has 0 aliphatic carbocycles. The Labute approximate surface area is 239 Å². The predicted molar refractivity (Wildman–Crippen MR) is 156 cm³/mol. The van der Waals surface area contributed by atoms with Gasteiger partial charge in [0.2, 0.25) is 0 Å². The lowest BCUT2D eigenvalue weighted by atomic mass is 9.95. The molecule has 10 nitrogen and oxygen atoms in total. The molecule has 12 heteroatoms. The third kappa shape index (κ3) is 5.34. The number of rotatable bonds is 5. The zero-order valence-corrected chi connectivity index (χ0v) is 23.9. The molecule has 40 heavy (non-hydrogen) atoms. The lowest BCUT2D eigenvalue weighted by molar-refractivity contribution is 0.0635. The molecule has 1 atom stereocenters. The van der Waals surface area contributed by atoms with Gasteiger partial charge in [0.25, 0.3) is 11.8 Å². The number of nitrogens with zero attached hydrogens (tertiary/aromatic N) is 3. The van der Waals surface area contributed by atoms with Gasteiger partial charge in [0, 0.05) is 48.4 Å². The fourth-order valence-electron chi connectivity index (χ4n) is 4.75. The standard InChI is InChI=1S/C28H28ClN5O5S/c1-28(2,3)39-27(38)30-16-9-21(33(4)13-16)24(36)32-26-31-19(14-40-26)25(37)34-12-15(11-29)23-18-8-6-5-7-17(18)22(35)10-20(23)34/h5-10,13-15,35H,11-12H2,1-4H3,(H,30,38)(H,31,32,36)/t15-/m1/s1. The monoisotopic (exact) mass is 581 g/mol. The molecule has 0 fully saturated rings. The number of fused-ring (bicyclic) bond motifs is 3. The van der Waals surface area contributed by atoms with E-state index in [1.807, 2.05) is 24.3 Å². The normalized spacial score (nSPS) is 14.7. The second kappa shape index (κ2) is 10.5. The van der Waals surface area contributed by atoms with E-state index < -0.39 is 17.6 Å². The number of ether oxygens (including phenoxy) is 1. The number of aromatic hydroxyl groups is 1. The predicted octanol–water partition coefficient (Wildman–Crippen LogP) is 5.92. The van der Waals surface area contributed by atoms with Crippen molar-refractivity contribution in [3.8, 4) is 5.75 Å². The number of carbonyl (C=O) groups excluding carboxylic acids is 3. The molecule has 5 rings (SSSR count). The van der Waals surface area contributed by atoms with E-state index in [4.69, 9.17) is 16.3 Å². The van der Waals surface area contributed by atoms with E-state index in [-0.39, 0.29) is 34.1 Å². The van der Waals surface area contributed by atoms with Crippen LogP contribution >= 0.6 is 22.9 Å². The summed E-state index contributed by atoms with van der Waals surface area (Å²) >= 11 is 7.41. The van der Waals surface area contributed by atoms with Crippen molar-refractivity contribution in [3.63, 3.8) is 0 Å². The Balaban J connectivity index is 1.32. The van der Waals surface area contributed by atoms with Crippen LogP contribution in [0.25, 0.3) is 10.8 Å². The van der Waals surface area contributed by atoms with Crippen LogP contribution in [-0.2, 0) is 11.8 Å². The molecule has 1 aliphatic rings. The summed E-state index contributed by atoms with van der Waals surface area (Å²) in [5.41, 5.74) is 1.69. The Hall–Kier alpha value is -4.09. The molecule has 0 spiro atoms. The topological polar surface area (TPSA) is 126 Å². The minimum absolute atomic E-state index is 0.0803. The van der Waals surface area contributed by atoms with Crippen molar-refractivity contribution in [2.45, 2.75) is 32.3 Å². The van der Waals surface area contributed by atoms with Crippen molar-refractivity contribution in [1.82, 2.24) is 9.55 Å². The first kappa shape index (κ1) is 27.5. The summed E-state index contributed by atoms with van der Waals surface area (Å²) in [5.74, 6) is -0.534. The fraction of sp³-hybridized carbons (Fsp3) is 0.286. The lowest BCUT2D eigenvalue weighted by Gasteiger charge is -2.19. The number of hydrogen-bond donors (Lipinski definition) is 3. The molecule has 2 aromatic heterocycles. The van der Waals surface area contributed by atoms with Gasteiger partial charge in [-0.15, -0.1) is 22.9 Å². The van der Waals surface area contributed by atoms with Crippen molar-refractivity contribution in [2.24, 2.45) is 7.05 Å². The van der Waals surface area contributed by atoms with Gasteiger partial charge in [-0.3, -0.25) is 20.2 Å². The quantitative estimate of drug-likeness (QED) is 0.251. The van der Waals surface area contributed by atoms with Gasteiger partial charge in [-0.25, -0.2) is 9.78 Å². The summed E-state index contributed by atoms with van der Waals surface area (Å²) in [4.78, 5) is 44.5.